The van der Waals surface area contributed by atoms with Gasteiger partial charge in [-0.15, -0.1) is 0 Å². The Morgan fingerprint density at radius 3 is 2.67 bits per heavy atom. The van der Waals surface area contributed by atoms with E-state index in [4.69, 9.17) is 11.6 Å². The van der Waals surface area contributed by atoms with Crippen LogP contribution >= 0.6 is 11.6 Å². The van der Waals surface area contributed by atoms with Crippen LogP contribution in [-0.2, 0) is 4.74 Å². The summed E-state index contributed by atoms with van der Waals surface area (Å²) in [6.45, 7) is 0. The van der Waals surface area contributed by atoms with Crippen molar-refractivity contribution in [3.8, 4) is 0 Å². The number of methoxy groups -OCH3 is 1. The minimum absolute atomic E-state index is 0.305. The number of esters is 1. The van der Waals surface area contributed by atoms with E-state index in [1.165, 1.54) is 25.3 Å². The topological polar surface area (TPSA) is 68.3 Å². The summed E-state index contributed by atoms with van der Waals surface area (Å²) in [6.07, 6.45) is 1.69. The number of aromatic nitrogens is 1. The van der Waals surface area contributed by atoms with Crippen molar-refractivity contribution in [2.24, 2.45) is 0 Å². The van der Waals surface area contributed by atoms with Gasteiger partial charge in [0.1, 0.15) is 0 Å². The van der Waals surface area contributed by atoms with Crippen LogP contribution in [0.2, 0.25) is 5.02 Å². The van der Waals surface area contributed by atoms with Crippen molar-refractivity contribution in [1.82, 2.24) is 4.98 Å². The van der Waals surface area contributed by atoms with Crippen LogP contribution < -0.4 is 5.32 Å². The van der Waals surface area contributed by atoms with Gasteiger partial charge >= 0.3 is 5.97 Å². The average molecular weight is 341 g/mol. The van der Waals surface area contributed by atoms with Crippen molar-refractivity contribution in [2.75, 3.05) is 12.4 Å². The quantitative estimate of drug-likeness (QED) is 0.733. The van der Waals surface area contributed by atoms with Gasteiger partial charge in [0.25, 0.3) is 5.91 Å². The van der Waals surface area contributed by atoms with Gasteiger partial charge in [-0.25, -0.2) is 4.79 Å². The zero-order valence-corrected chi connectivity index (χ0v) is 13.5. The summed E-state index contributed by atoms with van der Waals surface area (Å²) in [7, 11) is 1.29. The zero-order chi connectivity index (χ0) is 17.1. The molecule has 0 aliphatic rings. The van der Waals surface area contributed by atoms with E-state index in [1.54, 1.807) is 30.5 Å². The van der Waals surface area contributed by atoms with Crippen LogP contribution in [-0.4, -0.2) is 24.0 Å². The SMILES string of the molecule is COC(=O)c1ccc(Cl)c(NC(=O)c2ccc3ncccc3c2)c1. The molecule has 0 radical (unpaired) electrons. The van der Waals surface area contributed by atoms with E-state index < -0.39 is 5.97 Å². The summed E-state index contributed by atoms with van der Waals surface area (Å²) in [4.78, 5) is 28.3. The van der Waals surface area contributed by atoms with Gasteiger partial charge in [-0.05, 0) is 42.5 Å². The number of pyridine rings is 1. The third-order valence-electron chi connectivity index (χ3n) is 3.50. The molecule has 2 aromatic carbocycles. The van der Waals surface area contributed by atoms with Crippen LogP contribution in [0, 0.1) is 0 Å². The summed E-state index contributed by atoms with van der Waals surface area (Å²) >= 11 is 6.09. The number of hydrogen-bond donors (Lipinski definition) is 1. The van der Waals surface area contributed by atoms with E-state index in [0.29, 0.717) is 21.8 Å². The molecule has 0 fully saturated rings. The first-order valence-electron chi connectivity index (χ1n) is 7.12. The molecule has 0 aliphatic carbocycles. The number of amides is 1. The number of nitrogens with zero attached hydrogens (tertiary/aromatic N) is 1. The highest BCUT2D eigenvalue weighted by Gasteiger charge is 2.13. The van der Waals surface area contributed by atoms with Crippen LogP contribution in [0.1, 0.15) is 20.7 Å². The molecule has 0 aliphatic heterocycles. The van der Waals surface area contributed by atoms with Gasteiger partial charge in [0.05, 0.1) is 28.9 Å². The largest absolute Gasteiger partial charge is 0.465 e. The Morgan fingerprint density at radius 2 is 1.88 bits per heavy atom. The second kappa shape index (κ2) is 6.68. The minimum Gasteiger partial charge on any atom is -0.465 e. The van der Waals surface area contributed by atoms with Gasteiger partial charge in [0.2, 0.25) is 0 Å². The summed E-state index contributed by atoms with van der Waals surface area (Å²) in [6, 6.07) is 13.4. The molecule has 0 bridgehead atoms. The average Bonchev–Trinajstić information content (AvgIpc) is 2.62. The van der Waals surface area contributed by atoms with E-state index in [-0.39, 0.29) is 5.91 Å². The first kappa shape index (κ1) is 16.0. The normalized spacial score (nSPS) is 10.4. The molecule has 1 N–H and O–H groups in total. The smallest absolute Gasteiger partial charge is 0.337 e. The number of fused-ring (bicyclic) bond motifs is 1. The molecule has 5 nitrogen and oxygen atoms in total. The van der Waals surface area contributed by atoms with E-state index in [2.05, 4.69) is 15.0 Å². The molecule has 0 saturated carbocycles. The van der Waals surface area contributed by atoms with Crippen LogP contribution in [0.4, 0.5) is 5.69 Å². The fraction of sp³-hybridized carbons (Fsp3) is 0.0556. The molecule has 24 heavy (non-hydrogen) atoms. The maximum atomic E-state index is 12.5. The number of halogens is 1. The lowest BCUT2D eigenvalue weighted by molar-refractivity contribution is 0.0600. The summed E-state index contributed by atoms with van der Waals surface area (Å²) in [5, 5.41) is 3.90. The highest BCUT2D eigenvalue weighted by atomic mass is 35.5. The molecule has 1 amide bonds. The Kier molecular flexibility index (Phi) is 4.44. The lowest BCUT2D eigenvalue weighted by Gasteiger charge is -2.09. The summed E-state index contributed by atoms with van der Waals surface area (Å²) < 4.78 is 4.67. The van der Waals surface area contributed by atoms with Gasteiger partial charge < -0.3 is 10.1 Å². The number of nitrogens with one attached hydrogen (secondary N) is 1. The Hall–Kier alpha value is -2.92. The molecule has 1 aromatic heterocycles. The van der Waals surface area contributed by atoms with Crippen LogP contribution in [0.5, 0.6) is 0 Å². The van der Waals surface area contributed by atoms with Crippen molar-refractivity contribution >= 4 is 40.1 Å². The molecule has 3 rings (SSSR count). The number of hydrogen-bond acceptors (Lipinski definition) is 4. The second-order valence-electron chi connectivity index (χ2n) is 5.05. The van der Waals surface area contributed by atoms with Crippen molar-refractivity contribution < 1.29 is 14.3 Å². The summed E-state index contributed by atoms with van der Waals surface area (Å²) in [5.74, 6) is -0.830. The number of ether oxygens (including phenoxy) is 1. The predicted octanol–water partition coefficient (Wildman–Crippen LogP) is 3.93. The van der Waals surface area contributed by atoms with Crippen molar-refractivity contribution in [1.29, 1.82) is 0 Å². The highest BCUT2D eigenvalue weighted by molar-refractivity contribution is 6.34. The predicted molar refractivity (Wildman–Crippen MR) is 92.5 cm³/mol. The fourth-order valence-electron chi connectivity index (χ4n) is 2.28. The molecule has 120 valence electrons. The number of carbonyl (C=O) groups is 2. The first-order chi connectivity index (χ1) is 11.6. The maximum absolute atomic E-state index is 12.5. The van der Waals surface area contributed by atoms with Gasteiger partial charge in [-0.1, -0.05) is 17.7 Å². The lowest BCUT2D eigenvalue weighted by atomic mass is 10.1. The van der Waals surface area contributed by atoms with Gasteiger partial charge in [-0.3, -0.25) is 9.78 Å². The van der Waals surface area contributed by atoms with Gasteiger partial charge in [0, 0.05) is 17.1 Å². The monoisotopic (exact) mass is 340 g/mol. The van der Waals surface area contributed by atoms with Crippen molar-refractivity contribution in [2.45, 2.75) is 0 Å². The lowest BCUT2D eigenvalue weighted by Crippen LogP contribution is -2.13. The number of rotatable bonds is 3. The maximum Gasteiger partial charge on any atom is 0.337 e. The summed E-state index contributed by atoms with van der Waals surface area (Å²) in [5.41, 5.74) is 1.92. The van der Waals surface area contributed by atoms with Crippen LogP contribution in [0.25, 0.3) is 10.9 Å². The molecular formula is C18H13ClN2O3. The van der Waals surface area contributed by atoms with Gasteiger partial charge in [-0.2, -0.15) is 0 Å². The number of benzene rings is 2. The van der Waals surface area contributed by atoms with Gasteiger partial charge in [0.15, 0.2) is 0 Å². The Morgan fingerprint density at radius 1 is 1.08 bits per heavy atom. The Labute approximate surface area is 143 Å². The molecule has 0 atom stereocenters. The first-order valence-corrected chi connectivity index (χ1v) is 7.50. The Bertz CT molecular complexity index is 940. The molecular weight excluding hydrogens is 328 g/mol. The number of carbonyl (C=O) groups excluding carboxylic acids is 2. The van der Waals surface area contributed by atoms with E-state index in [1.807, 2.05) is 6.07 Å². The fourth-order valence-corrected chi connectivity index (χ4v) is 2.44. The van der Waals surface area contributed by atoms with E-state index in [0.717, 1.165) is 10.9 Å². The van der Waals surface area contributed by atoms with E-state index in [9.17, 15) is 9.59 Å². The van der Waals surface area contributed by atoms with Crippen molar-refractivity contribution in [3.05, 3.63) is 70.9 Å². The Balaban J connectivity index is 1.89. The minimum atomic E-state index is -0.501. The molecule has 6 heteroatoms. The third-order valence-corrected chi connectivity index (χ3v) is 3.83. The molecule has 0 spiro atoms. The molecule has 1 heterocycles. The molecule has 3 aromatic rings. The van der Waals surface area contributed by atoms with Crippen LogP contribution in [0.15, 0.2) is 54.7 Å². The highest BCUT2D eigenvalue weighted by Crippen LogP contribution is 2.24. The van der Waals surface area contributed by atoms with E-state index >= 15 is 0 Å². The van der Waals surface area contributed by atoms with Crippen molar-refractivity contribution in [3.63, 3.8) is 0 Å². The zero-order valence-electron chi connectivity index (χ0n) is 12.7. The molecule has 0 saturated heterocycles. The number of anilines is 1. The third kappa shape index (κ3) is 3.21. The second-order valence-corrected chi connectivity index (χ2v) is 5.46. The standard InChI is InChI=1S/C18H13ClN2O3/c1-24-18(23)13-4-6-14(19)16(10-13)21-17(22)12-5-7-15-11(9-12)3-2-8-20-15/h2-10H,1H3,(H,21,22). The molecule has 0 unspecified atom stereocenters. The van der Waals surface area contributed by atoms with Crippen LogP contribution in [0.3, 0.4) is 0 Å².